The Labute approximate surface area is 219 Å². The van der Waals surface area contributed by atoms with E-state index < -0.39 is 0 Å². The molecule has 4 aromatic heterocycles. The van der Waals surface area contributed by atoms with Crippen LogP contribution in [-0.4, -0.2) is 60.2 Å². The molecule has 2 atom stereocenters. The highest BCUT2D eigenvalue weighted by Crippen LogP contribution is 2.31. The fourth-order valence-electron chi connectivity index (χ4n) is 5.10. The maximum Gasteiger partial charge on any atom is 0.257 e. The van der Waals surface area contributed by atoms with Gasteiger partial charge in [0.2, 0.25) is 5.88 Å². The zero-order valence-corrected chi connectivity index (χ0v) is 21.7. The Morgan fingerprint density at radius 1 is 1.08 bits per heavy atom. The molecule has 0 radical (unpaired) electrons. The lowest BCUT2D eigenvalue weighted by Crippen LogP contribution is -2.54. The van der Waals surface area contributed by atoms with Crippen LogP contribution in [0.25, 0.3) is 16.7 Å². The molecule has 11 nitrogen and oxygen atoms in total. The Hall–Kier alpha value is -4.51. The molecule has 38 heavy (non-hydrogen) atoms. The highest BCUT2D eigenvalue weighted by Gasteiger charge is 2.25. The summed E-state index contributed by atoms with van der Waals surface area (Å²) >= 11 is 0. The lowest BCUT2D eigenvalue weighted by atomic mass is 10.1. The summed E-state index contributed by atoms with van der Waals surface area (Å²) in [6, 6.07) is 8.00. The Balaban J connectivity index is 1.34. The van der Waals surface area contributed by atoms with Gasteiger partial charge >= 0.3 is 0 Å². The van der Waals surface area contributed by atoms with Crippen molar-refractivity contribution in [1.29, 1.82) is 0 Å². The van der Waals surface area contributed by atoms with Gasteiger partial charge in [0, 0.05) is 75.3 Å². The summed E-state index contributed by atoms with van der Waals surface area (Å²) in [6.45, 7) is 7.95. The first kappa shape index (κ1) is 23.9. The van der Waals surface area contributed by atoms with Crippen molar-refractivity contribution in [2.45, 2.75) is 32.9 Å². The number of pyridine rings is 1. The number of rotatable bonds is 5. The third-order valence-electron chi connectivity index (χ3n) is 6.55. The van der Waals surface area contributed by atoms with E-state index in [1.807, 2.05) is 42.9 Å². The second kappa shape index (κ2) is 9.42. The van der Waals surface area contributed by atoms with Crippen LogP contribution in [0.3, 0.4) is 0 Å². The first-order valence-corrected chi connectivity index (χ1v) is 12.6. The van der Waals surface area contributed by atoms with Gasteiger partial charge in [-0.25, -0.2) is 4.98 Å². The molecule has 2 N–H and O–H groups in total. The van der Waals surface area contributed by atoms with Crippen LogP contribution in [0.4, 0.5) is 11.4 Å². The van der Waals surface area contributed by atoms with E-state index in [1.165, 1.54) is 0 Å². The number of nitrogens with one attached hydrogen (secondary N) is 2. The molecule has 1 aliphatic heterocycles. The monoisotopic (exact) mass is 511 g/mol. The van der Waals surface area contributed by atoms with Crippen LogP contribution in [-0.2, 0) is 7.05 Å². The minimum absolute atomic E-state index is 0.288. The van der Waals surface area contributed by atoms with Crippen molar-refractivity contribution in [2.24, 2.45) is 7.05 Å². The summed E-state index contributed by atoms with van der Waals surface area (Å²) in [5, 5.41) is 10.9. The first-order chi connectivity index (χ1) is 18.3. The number of piperazine rings is 1. The van der Waals surface area contributed by atoms with Crippen LogP contribution >= 0.6 is 0 Å². The van der Waals surface area contributed by atoms with Crippen LogP contribution in [0.1, 0.15) is 29.9 Å². The number of anilines is 2. The van der Waals surface area contributed by atoms with Crippen LogP contribution in [0, 0.1) is 6.92 Å². The number of aromatic nitrogens is 6. The van der Waals surface area contributed by atoms with Crippen molar-refractivity contribution in [2.75, 3.05) is 23.3 Å². The number of hydrogen-bond acceptors (Lipinski definition) is 8. The molecule has 0 unspecified atom stereocenters. The molecule has 0 saturated carbocycles. The van der Waals surface area contributed by atoms with Crippen LogP contribution in [0.2, 0.25) is 0 Å². The van der Waals surface area contributed by atoms with Crippen LogP contribution in [0.15, 0.2) is 55.2 Å². The number of carbonyl (C=O) groups excluding carboxylic acids is 1. The Kier molecular flexibility index (Phi) is 5.91. The standard InChI is InChI=1S/C27H29N9O2/c1-16-12-35(13-17(2)30-16)21-6-5-20(24-25(21)29-9-8-28-24)27(37)32-19-11-22(38-23-7-10-34(4)33-23)26-31-18(3)14-36(26)15-19/h5-11,14-17,30H,12-13H2,1-4H3,(H,32,37)/t16-,17-/m1/s1. The van der Waals surface area contributed by atoms with Gasteiger partial charge in [0.25, 0.3) is 5.91 Å². The van der Waals surface area contributed by atoms with E-state index in [2.05, 4.69) is 49.4 Å². The van der Waals surface area contributed by atoms with Crippen LogP contribution < -0.4 is 20.3 Å². The normalized spacial score (nSPS) is 17.7. The summed E-state index contributed by atoms with van der Waals surface area (Å²) in [5.41, 5.74) is 4.70. The largest absolute Gasteiger partial charge is 0.434 e. The van der Waals surface area contributed by atoms with E-state index >= 15 is 0 Å². The zero-order chi connectivity index (χ0) is 26.4. The lowest BCUT2D eigenvalue weighted by Gasteiger charge is -2.38. The quantitative estimate of drug-likeness (QED) is 0.368. The number of imidazole rings is 1. The predicted octanol–water partition coefficient (Wildman–Crippen LogP) is 3.55. The fraction of sp³-hybridized carbons (Fsp3) is 0.296. The van der Waals surface area contributed by atoms with E-state index in [4.69, 9.17) is 4.74 Å². The maximum absolute atomic E-state index is 13.6. The second-order valence-electron chi connectivity index (χ2n) is 9.85. The fourth-order valence-corrected chi connectivity index (χ4v) is 5.10. The molecular formula is C27H29N9O2. The van der Waals surface area contributed by atoms with Crippen molar-refractivity contribution in [3.8, 4) is 11.6 Å². The third-order valence-corrected chi connectivity index (χ3v) is 6.55. The predicted molar refractivity (Wildman–Crippen MR) is 145 cm³/mol. The maximum atomic E-state index is 13.6. The number of fused-ring (bicyclic) bond motifs is 2. The van der Waals surface area contributed by atoms with E-state index in [0.29, 0.717) is 51.6 Å². The molecule has 5 heterocycles. The van der Waals surface area contributed by atoms with Gasteiger partial charge in [-0.1, -0.05) is 0 Å². The molecule has 1 aromatic carbocycles. The summed E-state index contributed by atoms with van der Waals surface area (Å²) in [4.78, 5) is 29.6. The average molecular weight is 512 g/mol. The molecule has 1 aliphatic rings. The third kappa shape index (κ3) is 4.52. The summed E-state index contributed by atoms with van der Waals surface area (Å²) in [5.74, 6) is 0.632. The molecule has 1 fully saturated rings. The van der Waals surface area contributed by atoms with Gasteiger partial charge in [-0.3, -0.25) is 19.4 Å². The smallest absolute Gasteiger partial charge is 0.257 e. The van der Waals surface area contributed by atoms with Gasteiger partial charge in [0.05, 0.1) is 22.6 Å². The average Bonchev–Trinajstić information content (AvgIpc) is 3.46. The van der Waals surface area contributed by atoms with Gasteiger partial charge in [0.15, 0.2) is 11.4 Å². The number of ether oxygens (including phenoxy) is 1. The number of carbonyl (C=O) groups is 1. The van der Waals surface area contributed by atoms with Gasteiger partial charge < -0.3 is 24.7 Å². The van der Waals surface area contributed by atoms with E-state index in [0.717, 1.165) is 24.5 Å². The second-order valence-corrected chi connectivity index (χ2v) is 9.85. The Morgan fingerprint density at radius 3 is 2.58 bits per heavy atom. The van der Waals surface area contributed by atoms with Gasteiger partial charge in [-0.2, -0.15) is 0 Å². The number of aryl methyl sites for hydroxylation is 2. The van der Waals surface area contributed by atoms with Gasteiger partial charge in [0.1, 0.15) is 11.0 Å². The number of amides is 1. The summed E-state index contributed by atoms with van der Waals surface area (Å²) in [7, 11) is 1.82. The molecule has 0 spiro atoms. The first-order valence-electron chi connectivity index (χ1n) is 12.6. The minimum Gasteiger partial charge on any atom is -0.434 e. The Bertz CT molecular complexity index is 1650. The summed E-state index contributed by atoms with van der Waals surface area (Å²) < 4.78 is 9.51. The highest BCUT2D eigenvalue weighted by molar-refractivity contribution is 6.13. The molecule has 5 aromatic rings. The van der Waals surface area contributed by atoms with Crippen molar-refractivity contribution in [3.63, 3.8) is 0 Å². The Morgan fingerprint density at radius 2 is 1.84 bits per heavy atom. The van der Waals surface area contributed by atoms with Crippen molar-refractivity contribution >= 4 is 34.0 Å². The highest BCUT2D eigenvalue weighted by atomic mass is 16.5. The van der Waals surface area contributed by atoms with Crippen molar-refractivity contribution in [3.05, 3.63) is 66.5 Å². The molecule has 6 rings (SSSR count). The van der Waals surface area contributed by atoms with Crippen molar-refractivity contribution < 1.29 is 9.53 Å². The molecule has 0 bridgehead atoms. The van der Waals surface area contributed by atoms with Gasteiger partial charge in [-0.15, -0.1) is 5.10 Å². The van der Waals surface area contributed by atoms with E-state index in [-0.39, 0.29) is 5.91 Å². The topological polar surface area (TPSA) is 114 Å². The molecule has 1 amide bonds. The molecule has 11 heteroatoms. The zero-order valence-electron chi connectivity index (χ0n) is 21.7. The molecule has 1 saturated heterocycles. The summed E-state index contributed by atoms with van der Waals surface area (Å²) in [6.07, 6.45) is 8.77. The van der Waals surface area contributed by atoms with Gasteiger partial charge in [-0.05, 0) is 32.9 Å². The SMILES string of the molecule is Cc1cn2cc(NC(=O)c3ccc(N4C[C@@H](C)N[C@H](C)C4)c4nccnc34)cc(Oc3ccn(C)n3)c2n1. The number of hydrogen-bond donors (Lipinski definition) is 2. The number of benzene rings is 1. The van der Waals surface area contributed by atoms with Crippen molar-refractivity contribution in [1.82, 2.24) is 34.4 Å². The number of nitrogens with zero attached hydrogens (tertiary/aromatic N) is 7. The van der Waals surface area contributed by atoms with E-state index in [9.17, 15) is 4.79 Å². The van der Waals surface area contributed by atoms with Crippen LogP contribution in [0.5, 0.6) is 11.6 Å². The van der Waals surface area contributed by atoms with E-state index in [1.54, 1.807) is 35.4 Å². The molecule has 194 valence electrons. The molecular weight excluding hydrogens is 482 g/mol. The molecule has 0 aliphatic carbocycles. The lowest BCUT2D eigenvalue weighted by molar-refractivity contribution is 0.102. The minimum atomic E-state index is -0.288.